The normalized spacial score (nSPS) is 12.6. The fraction of sp³-hybridized carbons (Fsp3) is 0.318. The molecule has 1 aromatic heterocycles. The number of rotatable bonds is 7. The van der Waals surface area contributed by atoms with Crippen LogP contribution in [0, 0.1) is 6.92 Å². The number of nitrogens with zero attached hydrogens (tertiary/aromatic N) is 4. The Hall–Kier alpha value is -3.15. The zero-order valence-corrected chi connectivity index (χ0v) is 16.8. The van der Waals surface area contributed by atoms with Crippen LogP contribution in [-0.4, -0.2) is 34.3 Å². The molecule has 28 heavy (non-hydrogen) atoms. The van der Waals surface area contributed by atoms with Gasteiger partial charge in [0, 0.05) is 20.1 Å². The molecule has 2 aromatic carbocycles. The number of aromatic nitrogens is 3. The summed E-state index contributed by atoms with van der Waals surface area (Å²) in [6.45, 7) is 6.61. The quantitative estimate of drug-likeness (QED) is 0.491. The first-order chi connectivity index (χ1) is 13.6. The third kappa shape index (κ3) is 5.67. The summed E-state index contributed by atoms with van der Waals surface area (Å²) < 4.78 is 1.82. The average molecular weight is 377 g/mol. The van der Waals surface area contributed by atoms with E-state index >= 15 is 0 Å². The molecule has 1 heterocycles. The Morgan fingerprint density at radius 3 is 2.68 bits per heavy atom. The van der Waals surface area contributed by atoms with Crippen LogP contribution in [0.4, 0.5) is 0 Å². The van der Waals surface area contributed by atoms with E-state index in [4.69, 9.17) is 0 Å². The fourth-order valence-electron chi connectivity index (χ4n) is 3.09. The maximum absolute atomic E-state index is 4.34. The standard InChI is InChI=1S/C22H28N6/c1-17-6-4-9-21(10-17)18(2)12-25-22(23-3)26-13-19-7-5-8-20(11-19)14-28-16-24-15-27-28/h4-11,15-16,18H,12-14H2,1-3H3,(H2,23,25,26). The molecule has 0 aliphatic carbocycles. The van der Waals surface area contributed by atoms with Crippen LogP contribution in [0.25, 0.3) is 0 Å². The minimum Gasteiger partial charge on any atom is -0.356 e. The lowest BCUT2D eigenvalue weighted by Gasteiger charge is -2.17. The van der Waals surface area contributed by atoms with Crippen molar-refractivity contribution in [2.45, 2.75) is 32.9 Å². The van der Waals surface area contributed by atoms with Crippen LogP contribution < -0.4 is 10.6 Å². The van der Waals surface area contributed by atoms with Crippen molar-refractivity contribution in [3.05, 3.63) is 83.4 Å². The predicted octanol–water partition coefficient (Wildman–Crippen LogP) is 3.10. The van der Waals surface area contributed by atoms with Crippen molar-refractivity contribution in [2.24, 2.45) is 4.99 Å². The van der Waals surface area contributed by atoms with E-state index in [1.165, 1.54) is 22.3 Å². The summed E-state index contributed by atoms with van der Waals surface area (Å²) in [5.41, 5.74) is 5.02. The Labute approximate surface area is 166 Å². The highest BCUT2D eigenvalue weighted by Crippen LogP contribution is 2.15. The summed E-state index contributed by atoms with van der Waals surface area (Å²) in [6.07, 6.45) is 3.28. The van der Waals surface area contributed by atoms with Crippen LogP contribution in [0.1, 0.15) is 35.1 Å². The molecule has 0 aliphatic rings. The molecular weight excluding hydrogens is 348 g/mol. The largest absolute Gasteiger partial charge is 0.356 e. The van der Waals surface area contributed by atoms with Gasteiger partial charge in [-0.1, -0.05) is 61.0 Å². The zero-order valence-electron chi connectivity index (χ0n) is 16.8. The molecule has 0 radical (unpaired) electrons. The van der Waals surface area contributed by atoms with Crippen LogP contribution in [0.3, 0.4) is 0 Å². The lowest BCUT2D eigenvalue weighted by molar-refractivity contribution is 0.682. The molecule has 2 N–H and O–H groups in total. The van der Waals surface area contributed by atoms with Crippen molar-refractivity contribution in [3.63, 3.8) is 0 Å². The first kappa shape index (κ1) is 19.6. The van der Waals surface area contributed by atoms with Gasteiger partial charge in [0.1, 0.15) is 12.7 Å². The molecule has 0 amide bonds. The van der Waals surface area contributed by atoms with Gasteiger partial charge in [0.2, 0.25) is 0 Å². The van der Waals surface area contributed by atoms with E-state index in [-0.39, 0.29) is 0 Å². The number of aliphatic imine (C=N–C) groups is 1. The van der Waals surface area contributed by atoms with Crippen molar-refractivity contribution in [1.29, 1.82) is 0 Å². The van der Waals surface area contributed by atoms with Crippen molar-refractivity contribution in [2.75, 3.05) is 13.6 Å². The van der Waals surface area contributed by atoms with Gasteiger partial charge in [0.05, 0.1) is 6.54 Å². The molecule has 0 saturated heterocycles. The van der Waals surface area contributed by atoms with Crippen molar-refractivity contribution < 1.29 is 0 Å². The molecule has 0 saturated carbocycles. The summed E-state index contributed by atoms with van der Waals surface area (Å²) in [7, 11) is 1.80. The van der Waals surface area contributed by atoms with Gasteiger partial charge in [-0.05, 0) is 29.5 Å². The SMILES string of the molecule is CN=C(NCc1cccc(Cn2cncn2)c1)NCC(C)c1cccc(C)c1. The maximum atomic E-state index is 4.34. The third-order valence-electron chi connectivity index (χ3n) is 4.67. The summed E-state index contributed by atoms with van der Waals surface area (Å²) in [5, 5.41) is 11.0. The van der Waals surface area contributed by atoms with Gasteiger partial charge in [-0.25, -0.2) is 9.67 Å². The summed E-state index contributed by atoms with van der Waals surface area (Å²) in [5.74, 6) is 1.21. The number of benzene rings is 2. The van der Waals surface area contributed by atoms with Crippen LogP contribution in [-0.2, 0) is 13.1 Å². The van der Waals surface area contributed by atoms with E-state index in [1.807, 2.05) is 4.68 Å². The highest BCUT2D eigenvalue weighted by Gasteiger charge is 2.07. The van der Waals surface area contributed by atoms with Crippen LogP contribution in [0.5, 0.6) is 0 Å². The van der Waals surface area contributed by atoms with E-state index in [2.05, 4.69) is 88.1 Å². The summed E-state index contributed by atoms with van der Waals surface area (Å²) in [4.78, 5) is 8.33. The van der Waals surface area contributed by atoms with E-state index < -0.39 is 0 Å². The first-order valence-corrected chi connectivity index (χ1v) is 9.55. The molecule has 1 atom stereocenters. The molecule has 0 aliphatic heterocycles. The lowest BCUT2D eigenvalue weighted by atomic mass is 9.99. The van der Waals surface area contributed by atoms with Crippen LogP contribution in [0.15, 0.2) is 66.2 Å². The Morgan fingerprint density at radius 2 is 1.93 bits per heavy atom. The smallest absolute Gasteiger partial charge is 0.191 e. The predicted molar refractivity (Wildman–Crippen MR) is 113 cm³/mol. The van der Waals surface area contributed by atoms with Crippen molar-refractivity contribution in [1.82, 2.24) is 25.4 Å². The second-order valence-corrected chi connectivity index (χ2v) is 7.03. The Balaban J connectivity index is 1.51. The number of guanidine groups is 1. The van der Waals surface area contributed by atoms with Gasteiger partial charge in [-0.15, -0.1) is 0 Å². The average Bonchev–Trinajstić information content (AvgIpc) is 3.21. The molecule has 0 fully saturated rings. The minimum atomic E-state index is 0.407. The van der Waals surface area contributed by atoms with Gasteiger partial charge in [-0.3, -0.25) is 4.99 Å². The topological polar surface area (TPSA) is 67.1 Å². The number of aryl methyl sites for hydroxylation is 1. The van der Waals surface area contributed by atoms with Gasteiger partial charge in [-0.2, -0.15) is 5.10 Å². The number of nitrogens with one attached hydrogen (secondary N) is 2. The maximum Gasteiger partial charge on any atom is 0.191 e. The van der Waals surface area contributed by atoms with Crippen LogP contribution >= 0.6 is 0 Å². The van der Waals surface area contributed by atoms with E-state index in [1.54, 1.807) is 19.7 Å². The number of hydrogen-bond donors (Lipinski definition) is 2. The molecule has 6 nitrogen and oxygen atoms in total. The molecular formula is C22H28N6. The highest BCUT2D eigenvalue weighted by molar-refractivity contribution is 5.79. The Morgan fingerprint density at radius 1 is 1.11 bits per heavy atom. The second kappa shape index (κ2) is 9.69. The van der Waals surface area contributed by atoms with Crippen molar-refractivity contribution in [3.8, 4) is 0 Å². The summed E-state index contributed by atoms with van der Waals surface area (Å²) >= 11 is 0. The molecule has 146 valence electrons. The molecule has 3 rings (SSSR count). The van der Waals surface area contributed by atoms with E-state index in [9.17, 15) is 0 Å². The van der Waals surface area contributed by atoms with E-state index in [0.29, 0.717) is 12.5 Å². The Bertz CT molecular complexity index is 901. The Kier molecular flexibility index (Phi) is 6.78. The highest BCUT2D eigenvalue weighted by atomic mass is 15.3. The minimum absolute atomic E-state index is 0.407. The lowest BCUT2D eigenvalue weighted by Crippen LogP contribution is -2.38. The van der Waals surface area contributed by atoms with Gasteiger partial charge in [0.25, 0.3) is 0 Å². The van der Waals surface area contributed by atoms with Gasteiger partial charge < -0.3 is 10.6 Å². The fourth-order valence-corrected chi connectivity index (χ4v) is 3.09. The first-order valence-electron chi connectivity index (χ1n) is 9.55. The monoisotopic (exact) mass is 376 g/mol. The molecule has 1 unspecified atom stereocenters. The van der Waals surface area contributed by atoms with Gasteiger partial charge >= 0.3 is 0 Å². The zero-order chi connectivity index (χ0) is 19.8. The second-order valence-electron chi connectivity index (χ2n) is 7.03. The molecule has 3 aromatic rings. The van der Waals surface area contributed by atoms with Gasteiger partial charge in [0.15, 0.2) is 5.96 Å². The number of hydrogen-bond acceptors (Lipinski definition) is 3. The molecule has 0 bridgehead atoms. The molecule has 6 heteroatoms. The van der Waals surface area contributed by atoms with E-state index in [0.717, 1.165) is 19.0 Å². The third-order valence-corrected chi connectivity index (χ3v) is 4.67. The van der Waals surface area contributed by atoms with Crippen LogP contribution in [0.2, 0.25) is 0 Å². The van der Waals surface area contributed by atoms with Crippen molar-refractivity contribution >= 4 is 5.96 Å². The summed E-state index contributed by atoms with van der Waals surface area (Å²) in [6, 6.07) is 17.1. The molecule has 0 spiro atoms.